The van der Waals surface area contributed by atoms with Crippen LogP contribution in [0.4, 0.5) is 10.5 Å². The monoisotopic (exact) mass is 319 g/mol. The van der Waals surface area contributed by atoms with Gasteiger partial charge in [0.15, 0.2) is 0 Å². The second-order valence-electron chi connectivity index (χ2n) is 5.62. The fraction of sp³-hybridized carbons (Fsp3) is 0.438. The summed E-state index contributed by atoms with van der Waals surface area (Å²) in [6, 6.07) is 4.36. The Labute approximate surface area is 135 Å². The molecule has 1 aliphatic heterocycles. The summed E-state index contributed by atoms with van der Waals surface area (Å²) in [4.78, 5) is 37.5. The number of hydrogen-bond acceptors (Lipinski definition) is 4. The minimum atomic E-state index is -0.353. The number of imide groups is 1. The Morgan fingerprint density at radius 3 is 2.57 bits per heavy atom. The number of carbonyl (C=O) groups is 3. The molecule has 0 fully saturated rings. The van der Waals surface area contributed by atoms with Crippen molar-refractivity contribution in [1.29, 1.82) is 0 Å². The molecule has 1 aromatic carbocycles. The van der Waals surface area contributed by atoms with Gasteiger partial charge in [0.25, 0.3) is 11.8 Å². The summed E-state index contributed by atoms with van der Waals surface area (Å²) in [5.41, 5.74) is 1.15. The lowest BCUT2D eigenvalue weighted by atomic mass is 10.1. The molecular formula is C16H21N3O4. The summed E-state index contributed by atoms with van der Waals surface area (Å²) in [6.45, 7) is 4.50. The van der Waals surface area contributed by atoms with Crippen molar-refractivity contribution in [3.63, 3.8) is 0 Å². The predicted octanol–water partition coefficient (Wildman–Crippen LogP) is 1.85. The third kappa shape index (κ3) is 3.87. The average Bonchev–Trinajstić information content (AvgIpc) is 2.71. The Balaban J connectivity index is 2.11. The Morgan fingerprint density at radius 2 is 1.91 bits per heavy atom. The van der Waals surface area contributed by atoms with Gasteiger partial charge in [0, 0.05) is 32.0 Å². The molecule has 0 unspecified atom stereocenters. The maximum Gasteiger partial charge on any atom is 0.319 e. The summed E-state index contributed by atoms with van der Waals surface area (Å²) in [5.74, 6) is -0.645. The first-order valence-corrected chi connectivity index (χ1v) is 7.50. The third-order valence-electron chi connectivity index (χ3n) is 3.38. The molecular weight excluding hydrogens is 298 g/mol. The summed E-state index contributed by atoms with van der Waals surface area (Å²) in [5, 5.41) is 5.35. The first kappa shape index (κ1) is 17.0. The van der Waals surface area contributed by atoms with Crippen LogP contribution in [-0.4, -0.2) is 49.0 Å². The molecule has 0 radical (unpaired) electrons. The summed E-state index contributed by atoms with van der Waals surface area (Å²) in [7, 11) is 1.57. The normalized spacial score (nSPS) is 13.5. The molecule has 0 bridgehead atoms. The average molecular weight is 319 g/mol. The van der Waals surface area contributed by atoms with Crippen LogP contribution in [0.5, 0.6) is 0 Å². The van der Waals surface area contributed by atoms with Crippen molar-refractivity contribution in [2.75, 3.05) is 25.6 Å². The van der Waals surface area contributed by atoms with Gasteiger partial charge in [-0.05, 0) is 38.5 Å². The van der Waals surface area contributed by atoms with E-state index in [0.29, 0.717) is 36.4 Å². The molecule has 0 saturated carbocycles. The first-order valence-electron chi connectivity index (χ1n) is 7.50. The zero-order valence-corrected chi connectivity index (χ0v) is 13.5. The Kier molecular flexibility index (Phi) is 5.33. The minimum Gasteiger partial charge on any atom is -0.385 e. The van der Waals surface area contributed by atoms with Gasteiger partial charge in [0.1, 0.15) is 0 Å². The summed E-state index contributed by atoms with van der Waals surface area (Å²) < 4.78 is 4.94. The lowest BCUT2D eigenvalue weighted by Crippen LogP contribution is -2.34. The van der Waals surface area contributed by atoms with Gasteiger partial charge in [-0.25, -0.2) is 4.79 Å². The zero-order chi connectivity index (χ0) is 17.0. The Bertz CT molecular complexity index is 628. The number of amides is 4. The summed E-state index contributed by atoms with van der Waals surface area (Å²) in [6.07, 6.45) is 0.587. The van der Waals surface area contributed by atoms with Gasteiger partial charge in [-0.2, -0.15) is 0 Å². The van der Waals surface area contributed by atoms with Crippen LogP contribution in [0.25, 0.3) is 0 Å². The number of methoxy groups -OCH3 is 1. The van der Waals surface area contributed by atoms with E-state index >= 15 is 0 Å². The molecule has 7 nitrogen and oxygen atoms in total. The van der Waals surface area contributed by atoms with E-state index in [1.54, 1.807) is 19.2 Å². The molecule has 4 amide bonds. The maximum absolute atomic E-state index is 12.4. The van der Waals surface area contributed by atoms with Gasteiger partial charge in [-0.1, -0.05) is 0 Å². The quantitative estimate of drug-likeness (QED) is 0.619. The van der Waals surface area contributed by atoms with E-state index in [-0.39, 0.29) is 23.9 Å². The molecule has 0 atom stereocenters. The number of ether oxygens (including phenoxy) is 1. The van der Waals surface area contributed by atoms with Gasteiger partial charge in [-0.3, -0.25) is 14.5 Å². The lowest BCUT2D eigenvalue weighted by Gasteiger charge is -2.12. The molecule has 0 aliphatic carbocycles. The van der Waals surface area contributed by atoms with E-state index in [0.717, 1.165) is 0 Å². The number of hydrogen-bond donors (Lipinski definition) is 2. The van der Waals surface area contributed by atoms with Crippen molar-refractivity contribution < 1.29 is 19.1 Å². The fourth-order valence-electron chi connectivity index (χ4n) is 2.37. The molecule has 0 spiro atoms. The number of rotatable bonds is 6. The van der Waals surface area contributed by atoms with Crippen LogP contribution in [0.3, 0.4) is 0 Å². The molecule has 1 heterocycles. The van der Waals surface area contributed by atoms with Gasteiger partial charge >= 0.3 is 6.03 Å². The largest absolute Gasteiger partial charge is 0.385 e. The molecule has 7 heteroatoms. The molecule has 2 rings (SSSR count). The Morgan fingerprint density at radius 1 is 1.22 bits per heavy atom. The fourth-order valence-corrected chi connectivity index (χ4v) is 2.37. The van der Waals surface area contributed by atoms with Crippen LogP contribution >= 0.6 is 0 Å². The number of urea groups is 1. The maximum atomic E-state index is 12.4. The van der Waals surface area contributed by atoms with Gasteiger partial charge in [0.2, 0.25) is 0 Å². The van der Waals surface area contributed by atoms with Crippen molar-refractivity contribution in [3.8, 4) is 0 Å². The van der Waals surface area contributed by atoms with E-state index in [4.69, 9.17) is 4.74 Å². The molecule has 0 saturated heterocycles. The highest BCUT2D eigenvalue weighted by Gasteiger charge is 2.35. The standard InChI is InChI=1S/C16H21N3O4/c1-10(2)17-16(22)18-11-5-6-12-13(9-11)15(21)19(14(12)20)7-4-8-23-3/h5-6,9-10H,4,7-8H2,1-3H3,(H2,17,18,22). The number of nitrogens with one attached hydrogen (secondary N) is 2. The van der Waals surface area contributed by atoms with Crippen LogP contribution in [0.1, 0.15) is 41.0 Å². The SMILES string of the molecule is COCCCN1C(=O)c2ccc(NC(=O)NC(C)C)cc2C1=O. The number of fused-ring (bicyclic) bond motifs is 1. The van der Waals surface area contributed by atoms with Crippen molar-refractivity contribution in [1.82, 2.24) is 10.2 Å². The number of carbonyl (C=O) groups excluding carboxylic acids is 3. The third-order valence-corrected chi connectivity index (χ3v) is 3.38. The van der Waals surface area contributed by atoms with Crippen molar-refractivity contribution in [3.05, 3.63) is 29.3 Å². The smallest absolute Gasteiger partial charge is 0.319 e. The molecule has 1 aliphatic rings. The first-order chi connectivity index (χ1) is 10.9. The second-order valence-corrected chi connectivity index (χ2v) is 5.62. The molecule has 1 aromatic rings. The highest BCUT2D eigenvalue weighted by atomic mass is 16.5. The number of anilines is 1. The topological polar surface area (TPSA) is 87.7 Å². The molecule has 0 aromatic heterocycles. The predicted molar refractivity (Wildman–Crippen MR) is 85.6 cm³/mol. The van der Waals surface area contributed by atoms with Gasteiger partial charge in [0.05, 0.1) is 11.1 Å². The van der Waals surface area contributed by atoms with E-state index in [2.05, 4.69) is 10.6 Å². The van der Waals surface area contributed by atoms with Crippen LogP contribution in [0.2, 0.25) is 0 Å². The Hall–Kier alpha value is -2.41. The van der Waals surface area contributed by atoms with E-state index in [1.165, 1.54) is 11.0 Å². The van der Waals surface area contributed by atoms with E-state index < -0.39 is 0 Å². The summed E-state index contributed by atoms with van der Waals surface area (Å²) >= 11 is 0. The van der Waals surface area contributed by atoms with Crippen LogP contribution in [-0.2, 0) is 4.74 Å². The van der Waals surface area contributed by atoms with Crippen LogP contribution in [0.15, 0.2) is 18.2 Å². The molecule has 23 heavy (non-hydrogen) atoms. The molecule has 2 N–H and O–H groups in total. The van der Waals surface area contributed by atoms with E-state index in [1.807, 2.05) is 13.8 Å². The second kappa shape index (κ2) is 7.23. The van der Waals surface area contributed by atoms with Crippen LogP contribution in [0, 0.1) is 0 Å². The zero-order valence-electron chi connectivity index (χ0n) is 13.5. The number of benzene rings is 1. The van der Waals surface area contributed by atoms with Gasteiger partial charge in [-0.15, -0.1) is 0 Å². The van der Waals surface area contributed by atoms with Gasteiger partial charge < -0.3 is 15.4 Å². The minimum absolute atomic E-state index is 0.00362. The lowest BCUT2D eigenvalue weighted by molar-refractivity contribution is 0.0638. The molecule has 124 valence electrons. The highest BCUT2D eigenvalue weighted by Crippen LogP contribution is 2.26. The van der Waals surface area contributed by atoms with Crippen molar-refractivity contribution >= 4 is 23.5 Å². The van der Waals surface area contributed by atoms with Crippen LogP contribution < -0.4 is 10.6 Å². The highest BCUT2D eigenvalue weighted by molar-refractivity contribution is 6.21. The van der Waals surface area contributed by atoms with Crippen molar-refractivity contribution in [2.24, 2.45) is 0 Å². The van der Waals surface area contributed by atoms with Crippen molar-refractivity contribution in [2.45, 2.75) is 26.3 Å². The number of nitrogens with zero attached hydrogens (tertiary/aromatic N) is 1. The van der Waals surface area contributed by atoms with E-state index in [9.17, 15) is 14.4 Å².